The molecule has 0 aromatic heterocycles. The molecule has 0 atom stereocenters. The highest BCUT2D eigenvalue weighted by molar-refractivity contribution is 6.05. The zero-order valence-corrected chi connectivity index (χ0v) is 45.9. The number of anilines is 6. The molecule has 15 rings (SSSR count). The molecule has 82 heavy (non-hydrogen) atoms. The second-order valence-electron chi connectivity index (χ2n) is 22.4. The largest absolute Gasteiger partial charge is 0.310 e. The summed E-state index contributed by atoms with van der Waals surface area (Å²) in [6, 6.07) is 117. The maximum atomic E-state index is 2.50. The molecule has 2 heteroatoms. The second-order valence-corrected chi connectivity index (χ2v) is 22.4. The smallest absolute Gasteiger partial charge is 0.0714 e. The molecule has 0 spiro atoms. The van der Waals surface area contributed by atoms with Gasteiger partial charge in [0.05, 0.1) is 5.41 Å². The van der Waals surface area contributed by atoms with E-state index in [0.717, 1.165) is 45.3 Å². The van der Waals surface area contributed by atoms with Gasteiger partial charge in [-0.1, -0.05) is 257 Å². The molecule has 2 aliphatic rings. The van der Waals surface area contributed by atoms with Gasteiger partial charge in [0.1, 0.15) is 0 Å². The van der Waals surface area contributed by atoms with Gasteiger partial charge in [0.25, 0.3) is 0 Å². The number of benzene rings is 13. The number of nitrogens with zero attached hydrogens (tertiary/aromatic N) is 2. The first kappa shape index (κ1) is 48.8. The molecule has 0 radical (unpaired) electrons. The molecule has 0 saturated carbocycles. The fourth-order valence-corrected chi connectivity index (χ4v) is 13.7. The highest BCUT2D eigenvalue weighted by Crippen LogP contribution is 2.59. The van der Waals surface area contributed by atoms with E-state index < -0.39 is 5.41 Å². The lowest BCUT2D eigenvalue weighted by atomic mass is 9.67. The summed E-state index contributed by atoms with van der Waals surface area (Å²) < 4.78 is 0. The summed E-state index contributed by atoms with van der Waals surface area (Å²) in [5.41, 5.74) is 25.3. The Balaban J connectivity index is 1.01. The van der Waals surface area contributed by atoms with E-state index in [-0.39, 0.29) is 5.41 Å². The molecule has 0 unspecified atom stereocenters. The summed E-state index contributed by atoms with van der Waals surface area (Å²) in [5.74, 6) is 0. The van der Waals surface area contributed by atoms with Crippen LogP contribution >= 0.6 is 0 Å². The minimum atomic E-state index is -0.630. The molecule has 0 saturated heterocycles. The summed E-state index contributed by atoms with van der Waals surface area (Å²) in [6.45, 7) is 4.74. The normalized spacial score (nSPS) is 13.2. The van der Waals surface area contributed by atoms with Crippen LogP contribution in [0.1, 0.15) is 47.2 Å². The number of hydrogen-bond acceptors (Lipinski definition) is 2. The lowest BCUT2D eigenvalue weighted by molar-refractivity contribution is 0.660. The van der Waals surface area contributed by atoms with Crippen molar-refractivity contribution in [1.82, 2.24) is 0 Å². The Hall–Kier alpha value is -10.3. The van der Waals surface area contributed by atoms with Crippen LogP contribution in [0.2, 0.25) is 0 Å². The quantitative estimate of drug-likeness (QED) is 0.127. The molecular weight excluding hydrogens is 989 g/mol. The van der Waals surface area contributed by atoms with Gasteiger partial charge in [-0.3, -0.25) is 0 Å². The molecule has 2 nitrogen and oxygen atoms in total. The Kier molecular flexibility index (Phi) is 11.8. The Bertz CT molecular complexity index is 4470. The number of rotatable bonds is 11. The Morgan fingerprint density at radius 1 is 0.244 bits per heavy atom. The third kappa shape index (κ3) is 7.93. The molecule has 388 valence electrons. The lowest BCUT2D eigenvalue weighted by Gasteiger charge is -2.35. The van der Waals surface area contributed by atoms with Gasteiger partial charge in [0.2, 0.25) is 0 Å². The van der Waals surface area contributed by atoms with Crippen LogP contribution in [0.25, 0.3) is 66.4 Å². The Labute approximate surface area is 481 Å². The molecular formula is C80H58N2. The van der Waals surface area contributed by atoms with Crippen LogP contribution in [0.3, 0.4) is 0 Å². The van der Waals surface area contributed by atoms with Gasteiger partial charge in [0.15, 0.2) is 0 Å². The van der Waals surface area contributed by atoms with E-state index in [4.69, 9.17) is 0 Å². The van der Waals surface area contributed by atoms with Crippen molar-refractivity contribution in [1.29, 1.82) is 0 Å². The van der Waals surface area contributed by atoms with Crippen molar-refractivity contribution in [3.63, 3.8) is 0 Å². The SMILES string of the molecule is CC1(C)c2ccccc2-c2ccc(N(c3ccccc3)c3cc(-c4ccc5ccccc5c4-c4ccccc4)cc(N(c4ccccc4)c4ccc5c(c4)C(c4ccccc4)(c4ccccc4)c4ccc(-c6ccccc6)cc4-5)c3)cc21. The summed E-state index contributed by atoms with van der Waals surface area (Å²) in [7, 11) is 0. The first-order valence-corrected chi connectivity index (χ1v) is 28.6. The topological polar surface area (TPSA) is 6.48 Å². The van der Waals surface area contributed by atoms with E-state index in [0.29, 0.717) is 0 Å². The van der Waals surface area contributed by atoms with E-state index in [1.165, 1.54) is 88.7 Å². The molecule has 0 amide bonds. The monoisotopic (exact) mass is 1050 g/mol. The van der Waals surface area contributed by atoms with Crippen molar-refractivity contribution in [2.45, 2.75) is 24.7 Å². The molecule has 0 heterocycles. The van der Waals surface area contributed by atoms with Crippen LogP contribution in [-0.4, -0.2) is 0 Å². The minimum Gasteiger partial charge on any atom is -0.310 e. The number of hydrogen-bond donors (Lipinski definition) is 0. The Morgan fingerprint density at radius 3 is 1.33 bits per heavy atom. The first-order chi connectivity index (χ1) is 40.4. The summed E-state index contributed by atoms with van der Waals surface area (Å²) in [4.78, 5) is 4.96. The lowest BCUT2D eigenvalue weighted by Crippen LogP contribution is -2.28. The van der Waals surface area contributed by atoms with Gasteiger partial charge >= 0.3 is 0 Å². The van der Waals surface area contributed by atoms with Crippen molar-refractivity contribution in [3.05, 3.63) is 349 Å². The fraction of sp³-hybridized carbons (Fsp3) is 0.0500. The second kappa shape index (κ2) is 19.8. The van der Waals surface area contributed by atoms with Crippen LogP contribution in [0.4, 0.5) is 34.1 Å². The van der Waals surface area contributed by atoms with Crippen LogP contribution in [0.5, 0.6) is 0 Å². The maximum absolute atomic E-state index is 2.50. The van der Waals surface area contributed by atoms with Gasteiger partial charge < -0.3 is 9.80 Å². The molecule has 0 fully saturated rings. The average Bonchev–Trinajstić information content (AvgIpc) is 2.34. The highest BCUT2D eigenvalue weighted by atomic mass is 15.2. The van der Waals surface area contributed by atoms with Gasteiger partial charge in [-0.2, -0.15) is 0 Å². The number of para-hydroxylation sites is 2. The van der Waals surface area contributed by atoms with Crippen LogP contribution in [0, 0.1) is 0 Å². The molecule has 0 N–H and O–H groups in total. The molecule has 2 aliphatic carbocycles. The zero-order chi connectivity index (χ0) is 54.8. The van der Waals surface area contributed by atoms with Crippen molar-refractivity contribution in [2.24, 2.45) is 0 Å². The van der Waals surface area contributed by atoms with Gasteiger partial charge in [-0.15, -0.1) is 0 Å². The van der Waals surface area contributed by atoms with E-state index in [1.807, 2.05) is 0 Å². The van der Waals surface area contributed by atoms with Crippen molar-refractivity contribution in [2.75, 3.05) is 9.80 Å². The van der Waals surface area contributed by atoms with Gasteiger partial charge in [-0.25, -0.2) is 0 Å². The van der Waals surface area contributed by atoms with Crippen LogP contribution in [-0.2, 0) is 10.8 Å². The van der Waals surface area contributed by atoms with Crippen LogP contribution in [0.15, 0.2) is 315 Å². The van der Waals surface area contributed by atoms with Crippen molar-refractivity contribution >= 4 is 44.9 Å². The molecule has 13 aromatic rings. The van der Waals surface area contributed by atoms with E-state index in [2.05, 4.69) is 339 Å². The zero-order valence-electron chi connectivity index (χ0n) is 45.9. The Morgan fingerprint density at radius 2 is 0.720 bits per heavy atom. The van der Waals surface area contributed by atoms with Gasteiger partial charge in [-0.05, 0) is 173 Å². The van der Waals surface area contributed by atoms with Gasteiger partial charge in [0, 0.05) is 39.5 Å². The van der Waals surface area contributed by atoms with E-state index in [9.17, 15) is 0 Å². The predicted octanol–water partition coefficient (Wildman–Crippen LogP) is 21.4. The molecule has 13 aromatic carbocycles. The van der Waals surface area contributed by atoms with Crippen molar-refractivity contribution < 1.29 is 0 Å². The summed E-state index contributed by atoms with van der Waals surface area (Å²) in [6.07, 6.45) is 0. The van der Waals surface area contributed by atoms with E-state index in [1.54, 1.807) is 0 Å². The predicted molar refractivity (Wildman–Crippen MR) is 344 cm³/mol. The standard InChI is InChI=1S/C80H58N2/c1-79(2)74-40-24-23-39-70(74)71-46-43-64(53-76(71)79)81(62-34-17-7-18-35-62)66-49-59(69-45-41-56-27-21-22-38-68(56)78(69)57-28-11-4-12-29-57)50-67(52-66)82(63-36-19-8-20-37-63)65-44-47-72-73-51-58(55-25-9-3-10-26-55)42-48-75(73)80(77(72)54-65,60-30-13-5-14-31-60)61-32-15-6-16-33-61/h3-54H,1-2H3. The fourth-order valence-electron chi connectivity index (χ4n) is 13.7. The number of fused-ring (bicyclic) bond motifs is 7. The summed E-state index contributed by atoms with van der Waals surface area (Å²) >= 11 is 0. The van der Waals surface area contributed by atoms with E-state index >= 15 is 0 Å². The maximum Gasteiger partial charge on any atom is 0.0714 e. The highest BCUT2D eigenvalue weighted by Gasteiger charge is 2.47. The third-order valence-corrected chi connectivity index (χ3v) is 17.5. The minimum absolute atomic E-state index is 0.192. The van der Waals surface area contributed by atoms with Crippen LogP contribution < -0.4 is 9.80 Å². The summed E-state index contributed by atoms with van der Waals surface area (Å²) in [5, 5.41) is 2.42. The van der Waals surface area contributed by atoms with Crippen molar-refractivity contribution in [3.8, 4) is 55.6 Å². The first-order valence-electron chi connectivity index (χ1n) is 28.6. The third-order valence-electron chi connectivity index (χ3n) is 17.5. The molecule has 0 aliphatic heterocycles. The molecule has 0 bridgehead atoms. The average molecular weight is 1050 g/mol.